The number of aryl methyl sites for hydroxylation is 1. The molecule has 0 saturated heterocycles. The first-order valence-corrected chi connectivity index (χ1v) is 7.86. The predicted molar refractivity (Wildman–Crippen MR) is 87.4 cm³/mol. The molecule has 0 aliphatic carbocycles. The molecular weight excluding hydrogens is 286 g/mol. The maximum absolute atomic E-state index is 5.75. The highest BCUT2D eigenvalue weighted by atomic mass is 32.1. The van der Waals surface area contributed by atoms with Gasteiger partial charge in [0.2, 0.25) is 0 Å². The van der Waals surface area contributed by atoms with Crippen molar-refractivity contribution in [2.45, 2.75) is 6.92 Å². The van der Waals surface area contributed by atoms with Crippen molar-refractivity contribution in [3.8, 4) is 10.6 Å². The van der Waals surface area contributed by atoms with Crippen molar-refractivity contribution < 1.29 is 0 Å². The second kappa shape index (κ2) is 4.26. The number of benzene rings is 2. The first-order valence-electron chi connectivity index (χ1n) is 6.23. The van der Waals surface area contributed by atoms with Crippen LogP contribution < -0.4 is 5.73 Å². The molecule has 2 aromatic carbocycles. The van der Waals surface area contributed by atoms with E-state index >= 15 is 0 Å². The van der Waals surface area contributed by atoms with Crippen molar-refractivity contribution in [2.24, 2.45) is 0 Å². The first-order chi connectivity index (χ1) is 9.70. The van der Waals surface area contributed by atoms with Crippen LogP contribution in [0.5, 0.6) is 0 Å². The summed E-state index contributed by atoms with van der Waals surface area (Å²) in [6.07, 6.45) is 0. The minimum Gasteiger partial charge on any atom is -0.375 e. The van der Waals surface area contributed by atoms with E-state index in [1.807, 2.05) is 6.07 Å². The number of hydrogen-bond donors (Lipinski definition) is 1. The number of para-hydroxylation sites is 1. The summed E-state index contributed by atoms with van der Waals surface area (Å²) in [6.45, 7) is 2.10. The predicted octanol–water partition coefficient (Wildman–Crippen LogP) is 4.46. The third kappa shape index (κ3) is 1.78. The Bertz CT molecular complexity index is 937. The topological polar surface area (TPSA) is 51.8 Å². The number of thiazole rings is 2. The number of hydrogen-bond acceptors (Lipinski definition) is 5. The van der Waals surface area contributed by atoms with Crippen molar-refractivity contribution in [1.29, 1.82) is 0 Å². The molecule has 4 aromatic rings. The van der Waals surface area contributed by atoms with Crippen LogP contribution in [0.15, 0.2) is 36.4 Å². The van der Waals surface area contributed by atoms with E-state index in [9.17, 15) is 0 Å². The maximum atomic E-state index is 5.75. The zero-order valence-corrected chi connectivity index (χ0v) is 12.4. The van der Waals surface area contributed by atoms with Crippen molar-refractivity contribution in [3.05, 3.63) is 42.0 Å². The van der Waals surface area contributed by atoms with Gasteiger partial charge in [0.25, 0.3) is 0 Å². The number of nitrogen functional groups attached to an aromatic ring is 1. The first kappa shape index (κ1) is 11.8. The molecule has 4 rings (SSSR count). The minimum absolute atomic E-state index is 0.609. The van der Waals surface area contributed by atoms with Crippen LogP contribution in [0.1, 0.15) is 5.56 Å². The highest BCUT2D eigenvalue weighted by Gasteiger charge is 2.09. The smallest absolute Gasteiger partial charge is 0.181 e. The highest BCUT2D eigenvalue weighted by molar-refractivity contribution is 7.22. The largest absolute Gasteiger partial charge is 0.375 e. The van der Waals surface area contributed by atoms with Crippen molar-refractivity contribution in [1.82, 2.24) is 9.97 Å². The lowest BCUT2D eigenvalue weighted by Crippen LogP contribution is -1.79. The van der Waals surface area contributed by atoms with E-state index in [1.54, 1.807) is 11.3 Å². The normalized spacial score (nSPS) is 11.4. The molecule has 20 heavy (non-hydrogen) atoms. The number of nitrogens with zero attached hydrogens (tertiary/aromatic N) is 2. The Labute approximate surface area is 123 Å². The Morgan fingerprint density at radius 3 is 2.75 bits per heavy atom. The third-order valence-corrected chi connectivity index (χ3v) is 5.19. The van der Waals surface area contributed by atoms with Crippen LogP contribution in [-0.2, 0) is 0 Å². The summed E-state index contributed by atoms with van der Waals surface area (Å²) >= 11 is 3.24. The molecule has 0 aliphatic rings. The number of rotatable bonds is 1. The van der Waals surface area contributed by atoms with E-state index in [-0.39, 0.29) is 0 Å². The molecule has 0 radical (unpaired) electrons. The lowest BCUT2D eigenvalue weighted by molar-refractivity contribution is 1.42. The molecule has 2 aromatic heterocycles. The van der Waals surface area contributed by atoms with Crippen LogP contribution in [0.25, 0.3) is 31.0 Å². The van der Waals surface area contributed by atoms with Gasteiger partial charge in [-0.15, -0.1) is 11.3 Å². The maximum Gasteiger partial charge on any atom is 0.181 e. The van der Waals surface area contributed by atoms with Crippen LogP contribution in [0.3, 0.4) is 0 Å². The van der Waals surface area contributed by atoms with Gasteiger partial charge in [-0.3, -0.25) is 0 Å². The molecule has 98 valence electrons. The number of nitrogens with two attached hydrogens (primary N) is 1. The van der Waals surface area contributed by atoms with Gasteiger partial charge in [-0.1, -0.05) is 23.5 Å². The lowest BCUT2D eigenvalue weighted by atomic mass is 10.2. The molecule has 0 amide bonds. The number of fused-ring (bicyclic) bond motifs is 2. The molecule has 5 heteroatoms. The van der Waals surface area contributed by atoms with Crippen molar-refractivity contribution >= 4 is 48.2 Å². The molecule has 0 fully saturated rings. The fourth-order valence-corrected chi connectivity index (χ4v) is 4.10. The zero-order valence-electron chi connectivity index (χ0n) is 10.8. The Morgan fingerprint density at radius 2 is 1.90 bits per heavy atom. The van der Waals surface area contributed by atoms with E-state index < -0.39 is 0 Å². The van der Waals surface area contributed by atoms with E-state index in [2.05, 4.69) is 42.2 Å². The molecule has 3 nitrogen and oxygen atoms in total. The fourth-order valence-electron chi connectivity index (χ4n) is 2.29. The summed E-state index contributed by atoms with van der Waals surface area (Å²) in [5, 5.41) is 1.65. The van der Waals surface area contributed by atoms with Crippen molar-refractivity contribution in [3.63, 3.8) is 0 Å². The molecular formula is C15H11N3S2. The van der Waals surface area contributed by atoms with Gasteiger partial charge in [-0.05, 0) is 36.8 Å². The molecule has 2 N–H and O–H groups in total. The van der Waals surface area contributed by atoms with Gasteiger partial charge in [0.05, 0.1) is 20.4 Å². The summed E-state index contributed by atoms with van der Waals surface area (Å²) in [5.41, 5.74) is 10.1. The average molecular weight is 297 g/mol. The molecule has 0 unspecified atom stereocenters. The second-order valence-electron chi connectivity index (χ2n) is 4.68. The van der Waals surface area contributed by atoms with Gasteiger partial charge < -0.3 is 5.73 Å². The molecule has 0 aliphatic heterocycles. The average Bonchev–Trinajstić information content (AvgIpc) is 3.00. The third-order valence-electron chi connectivity index (χ3n) is 3.27. The number of anilines is 1. The highest BCUT2D eigenvalue weighted by Crippen LogP contribution is 2.34. The van der Waals surface area contributed by atoms with E-state index in [1.165, 1.54) is 21.6 Å². The SMILES string of the molecule is Cc1cccc2sc(-c3ccc4nc(N)sc4c3)nc12. The lowest BCUT2D eigenvalue weighted by Gasteiger charge is -1.95. The fraction of sp³-hybridized carbons (Fsp3) is 0.0667. The standard InChI is InChI=1S/C15H11N3S2/c1-8-3-2-4-11-13(8)18-14(19-11)9-5-6-10-12(7-9)20-15(16)17-10/h2-7H,1H3,(H2,16,17). The monoisotopic (exact) mass is 297 g/mol. The molecule has 2 heterocycles. The molecule has 0 spiro atoms. The zero-order chi connectivity index (χ0) is 13.7. The van der Waals surface area contributed by atoms with Gasteiger partial charge >= 0.3 is 0 Å². The van der Waals surface area contributed by atoms with E-state index in [4.69, 9.17) is 10.7 Å². The summed E-state index contributed by atoms with van der Waals surface area (Å²) in [4.78, 5) is 9.05. The summed E-state index contributed by atoms with van der Waals surface area (Å²) in [6, 6.07) is 12.5. The van der Waals surface area contributed by atoms with E-state index in [0.29, 0.717) is 5.13 Å². The Balaban J connectivity index is 1.93. The van der Waals surface area contributed by atoms with Gasteiger partial charge in [0.1, 0.15) is 5.01 Å². The van der Waals surface area contributed by atoms with Crippen LogP contribution in [0, 0.1) is 6.92 Å². The summed E-state index contributed by atoms with van der Waals surface area (Å²) in [7, 11) is 0. The van der Waals surface area contributed by atoms with Crippen molar-refractivity contribution in [2.75, 3.05) is 5.73 Å². The minimum atomic E-state index is 0.609. The Hall–Kier alpha value is -1.98. The Morgan fingerprint density at radius 1 is 1.00 bits per heavy atom. The van der Waals surface area contributed by atoms with Gasteiger partial charge in [-0.25, -0.2) is 9.97 Å². The van der Waals surface area contributed by atoms with Gasteiger partial charge in [0.15, 0.2) is 5.13 Å². The van der Waals surface area contributed by atoms with E-state index in [0.717, 1.165) is 26.3 Å². The summed E-state index contributed by atoms with van der Waals surface area (Å²) < 4.78 is 2.33. The van der Waals surface area contributed by atoms with Gasteiger partial charge in [-0.2, -0.15) is 0 Å². The number of aromatic nitrogens is 2. The summed E-state index contributed by atoms with van der Waals surface area (Å²) in [5.74, 6) is 0. The van der Waals surface area contributed by atoms with Gasteiger partial charge in [0, 0.05) is 5.56 Å². The Kier molecular flexibility index (Phi) is 2.52. The molecule has 0 bridgehead atoms. The van der Waals surface area contributed by atoms with Crippen LogP contribution in [0.4, 0.5) is 5.13 Å². The second-order valence-corrected chi connectivity index (χ2v) is 6.77. The quantitative estimate of drug-likeness (QED) is 0.564. The van der Waals surface area contributed by atoms with Crippen LogP contribution >= 0.6 is 22.7 Å². The molecule has 0 atom stereocenters. The molecule has 0 saturated carbocycles. The van der Waals surface area contributed by atoms with Crippen LogP contribution in [-0.4, -0.2) is 9.97 Å². The van der Waals surface area contributed by atoms with Crippen LogP contribution in [0.2, 0.25) is 0 Å².